The molecule has 1 fully saturated rings. The van der Waals surface area contributed by atoms with E-state index in [1.165, 1.54) is 12.1 Å². The average Bonchev–Trinajstić information content (AvgIpc) is 3.36. The van der Waals surface area contributed by atoms with Gasteiger partial charge >= 0.3 is 12.2 Å². The molecule has 5 rings (SSSR count). The van der Waals surface area contributed by atoms with Gasteiger partial charge < -0.3 is 26.6 Å². The van der Waals surface area contributed by atoms with Crippen LogP contribution in [-0.4, -0.2) is 69.9 Å². The van der Waals surface area contributed by atoms with E-state index in [1.807, 2.05) is 18.2 Å². The molecule has 0 radical (unpaired) electrons. The Kier molecular flexibility index (Phi) is 9.85. The molecule has 1 aliphatic carbocycles. The molecule has 0 aliphatic heterocycles. The summed E-state index contributed by atoms with van der Waals surface area (Å²) in [6.45, 7) is 1.36. The lowest BCUT2D eigenvalue weighted by Gasteiger charge is -2.26. The molecule has 6 N–H and O–H groups in total. The normalized spacial score (nSPS) is 17.1. The molecule has 4 aromatic rings. The Labute approximate surface area is 259 Å². The molecule has 0 saturated heterocycles. The summed E-state index contributed by atoms with van der Waals surface area (Å²) in [5, 5.41) is 16.7. The highest BCUT2D eigenvalue weighted by Gasteiger charge is 2.34. The summed E-state index contributed by atoms with van der Waals surface area (Å²) in [4.78, 5) is 23.7. The number of aryl methyl sites for hydroxylation is 1. The molecule has 240 valence electrons. The standard InChI is InChI=1S/C31H39F3N10O/c1-36-12-13-43(2)18-20-4-8-24(15-25(20)31(32,33)34)39-30(45)41-28-16-27(44(3)42-28)19-5-11-26-21(14-19)17-37-29(40-26)38-23-9-6-22(35)7-10-23/h4-5,8,11,14-17,22-23,36H,6-7,9-10,12-13,18,35H2,1-3H3,(H,37,38,40)(H2,39,41,42,45)/t22-,23-. The zero-order chi connectivity index (χ0) is 32.1. The smallest absolute Gasteiger partial charge is 0.351 e. The number of fused-ring (bicyclic) bond motifs is 1. The maximum Gasteiger partial charge on any atom is 0.416 e. The number of carbonyl (C=O) groups is 1. The summed E-state index contributed by atoms with van der Waals surface area (Å²) in [7, 11) is 5.28. The van der Waals surface area contributed by atoms with E-state index in [0.717, 1.165) is 53.9 Å². The van der Waals surface area contributed by atoms with Crippen molar-refractivity contribution in [2.24, 2.45) is 12.8 Å². The fourth-order valence-corrected chi connectivity index (χ4v) is 5.51. The highest BCUT2D eigenvalue weighted by molar-refractivity contribution is 5.99. The van der Waals surface area contributed by atoms with Gasteiger partial charge in [-0.3, -0.25) is 10.00 Å². The first-order chi connectivity index (χ1) is 21.5. The van der Waals surface area contributed by atoms with Crippen LogP contribution in [-0.2, 0) is 19.8 Å². The van der Waals surface area contributed by atoms with Gasteiger partial charge in [-0.15, -0.1) is 0 Å². The third kappa shape index (κ3) is 8.26. The number of rotatable bonds is 10. The molecule has 1 aliphatic rings. The summed E-state index contributed by atoms with van der Waals surface area (Å²) in [5.41, 5.74) is 7.72. The van der Waals surface area contributed by atoms with Crippen LogP contribution in [0.5, 0.6) is 0 Å². The van der Waals surface area contributed by atoms with Gasteiger partial charge in [-0.1, -0.05) is 12.1 Å². The predicted molar refractivity (Wildman–Crippen MR) is 170 cm³/mol. The van der Waals surface area contributed by atoms with Crippen molar-refractivity contribution in [2.45, 2.75) is 50.5 Å². The van der Waals surface area contributed by atoms with Crippen LogP contribution in [0.15, 0.2) is 48.7 Å². The zero-order valence-electron chi connectivity index (χ0n) is 25.6. The fraction of sp³-hybridized carbons (Fsp3) is 0.419. The van der Waals surface area contributed by atoms with Crippen LogP contribution in [0.25, 0.3) is 22.2 Å². The second kappa shape index (κ2) is 13.8. The van der Waals surface area contributed by atoms with E-state index >= 15 is 0 Å². The van der Waals surface area contributed by atoms with Crippen LogP contribution in [0.1, 0.15) is 36.8 Å². The number of urea groups is 1. The van der Waals surface area contributed by atoms with E-state index in [1.54, 1.807) is 43.0 Å². The minimum absolute atomic E-state index is 0.0213. The number of benzene rings is 2. The first kappa shape index (κ1) is 32.1. The number of aromatic nitrogens is 4. The van der Waals surface area contributed by atoms with Crippen molar-refractivity contribution in [1.82, 2.24) is 30.0 Å². The predicted octanol–water partition coefficient (Wildman–Crippen LogP) is 5.03. The van der Waals surface area contributed by atoms with E-state index in [9.17, 15) is 18.0 Å². The lowest BCUT2D eigenvalue weighted by atomic mass is 9.92. The summed E-state index contributed by atoms with van der Waals surface area (Å²) >= 11 is 0. The molecule has 2 aromatic heterocycles. The van der Waals surface area contributed by atoms with Crippen molar-refractivity contribution in [1.29, 1.82) is 0 Å². The van der Waals surface area contributed by atoms with Gasteiger partial charge in [-0.2, -0.15) is 18.3 Å². The Morgan fingerprint density at radius 3 is 2.60 bits per heavy atom. The molecule has 14 heteroatoms. The van der Waals surface area contributed by atoms with Crippen molar-refractivity contribution in [2.75, 3.05) is 43.1 Å². The van der Waals surface area contributed by atoms with Crippen molar-refractivity contribution in [3.63, 3.8) is 0 Å². The molecule has 0 atom stereocenters. The number of hydrogen-bond acceptors (Lipinski definition) is 8. The van der Waals surface area contributed by atoms with Gasteiger partial charge in [0.25, 0.3) is 0 Å². The van der Waals surface area contributed by atoms with Crippen molar-refractivity contribution in [3.05, 3.63) is 59.8 Å². The second-order valence-electron chi connectivity index (χ2n) is 11.6. The molecule has 1 saturated carbocycles. The van der Waals surface area contributed by atoms with Crippen LogP contribution in [0.3, 0.4) is 0 Å². The van der Waals surface area contributed by atoms with E-state index in [0.29, 0.717) is 25.1 Å². The van der Waals surface area contributed by atoms with Crippen LogP contribution >= 0.6 is 0 Å². The Morgan fingerprint density at radius 2 is 1.87 bits per heavy atom. The van der Waals surface area contributed by atoms with E-state index in [2.05, 4.69) is 36.3 Å². The summed E-state index contributed by atoms with van der Waals surface area (Å²) in [5.74, 6) is 0.828. The highest BCUT2D eigenvalue weighted by atomic mass is 19.4. The fourth-order valence-electron chi connectivity index (χ4n) is 5.51. The number of anilines is 3. The molecular weight excluding hydrogens is 585 g/mol. The summed E-state index contributed by atoms with van der Waals surface area (Å²) < 4.78 is 43.2. The minimum atomic E-state index is -4.57. The van der Waals surface area contributed by atoms with Gasteiger partial charge in [0.2, 0.25) is 5.95 Å². The SMILES string of the molecule is CNCCN(C)Cc1ccc(NC(=O)Nc2cc(-c3ccc4nc(N[C@H]5CC[C@H](N)CC5)ncc4c3)n(C)n2)cc1C(F)(F)F. The van der Waals surface area contributed by atoms with Gasteiger partial charge in [0.15, 0.2) is 5.82 Å². The third-order valence-electron chi connectivity index (χ3n) is 7.96. The molecule has 2 amide bonds. The van der Waals surface area contributed by atoms with E-state index in [-0.39, 0.29) is 29.7 Å². The summed E-state index contributed by atoms with van der Waals surface area (Å²) in [6, 6.07) is 11.1. The van der Waals surface area contributed by atoms with Gasteiger partial charge in [0.05, 0.1) is 16.8 Å². The van der Waals surface area contributed by atoms with Gasteiger partial charge in [-0.05, 0) is 69.6 Å². The molecule has 45 heavy (non-hydrogen) atoms. The molecule has 0 bridgehead atoms. The molecular formula is C31H39F3N10O. The van der Waals surface area contributed by atoms with Crippen LogP contribution in [0.4, 0.5) is 35.4 Å². The number of carbonyl (C=O) groups excluding carboxylic acids is 1. The Balaban J connectivity index is 1.25. The lowest BCUT2D eigenvalue weighted by Crippen LogP contribution is -2.33. The molecule has 0 unspecified atom stereocenters. The van der Waals surface area contributed by atoms with Gasteiger partial charge in [0, 0.05) is 67.7 Å². The number of hydrogen-bond donors (Lipinski definition) is 5. The number of nitrogens with one attached hydrogen (secondary N) is 4. The number of nitrogens with two attached hydrogens (primary N) is 1. The van der Waals surface area contributed by atoms with Crippen molar-refractivity contribution < 1.29 is 18.0 Å². The van der Waals surface area contributed by atoms with Gasteiger partial charge in [0.1, 0.15) is 0 Å². The van der Waals surface area contributed by atoms with Crippen LogP contribution < -0.4 is 27.0 Å². The molecule has 11 nitrogen and oxygen atoms in total. The maximum atomic E-state index is 13.9. The zero-order valence-corrected chi connectivity index (χ0v) is 25.6. The van der Waals surface area contributed by atoms with Gasteiger partial charge in [-0.25, -0.2) is 14.8 Å². The first-order valence-electron chi connectivity index (χ1n) is 14.9. The minimum Gasteiger partial charge on any atom is -0.351 e. The number of nitrogens with zero attached hydrogens (tertiary/aromatic N) is 5. The summed E-state index contributed by atoms with van der Waals surface area (Å²) in [6.07, 6.45) is 1.15. The molecule has 0 spiro atoms. The van der Waals surface area contributed by atoms with Crippen molar-refractivity contribution >= 4 is 34.4 Å². The van der Waals surface area contributed by atoms with E-state index < -0.39 is 17.8 Å². The maximum absolute atomic E-state index is 13.9. The topological polar surface area (TPSA) is 138 Å². The number of likely N-dealkylation sites (N-methyl/N-ethyl adjacent to an activating group) is 2. The van der Waals surface area contributed by atoms with Crippen LogP contribution in [0, 0.1) is 0 Å². The van der Waals surface area contributed by atoms with Crippen molar-refractivity contribution in [3.8, 4) is 11.3 Å². The third-order valence-corrected chi connectivity index (χ3v) is 7.96. The number of amides is 2. The number of alkyl halides is 3. The Hall–Kier alpha value is -4.27. The molecule has 2 aromatic carbocycles. The number of halogens is 3. The highest BCUT2D eigenvalue weighted by Crippen LogP contribution is 2.34. The second-order valence-corrected chi connectivity index (χ2v) is 11.6. The Morgan fingerprint density at radius 1 is 1.09 bits per heavy atom. The van der Waals surface area contributed by atoms with Crippen LogP contribution in [0.2, 0.25) is 0 Å². The molecule has 2 heterocycles. The largest absolute Gasteiger partial charge is 0.416 e. The average molecular weight is 625 g/mol. The quantitative estimate of drug-likeness (QED) is 0.166. The van der Waals surface area contributed by atoms with E-state index in [4.69, 9.17) is 5.73 Å². The Bertz CT molecular complexity index is 1630. The first-order valence-corrected chi connectivity index (χ1v) is 14.9. The lowest BCUT2D eigenvalue weighted by molar-refractivity contribution is -0.138. The monoisotopic (exact) mass is 624 g/mol.